The number of ether oxygens (including phenoxy) is 2. The second-order valence-electron chi connectivity index (χ2n) is 5.44. The lowest BCUT2D eigenvalue weighted by atomic mass is 10.2. The smallest absolute Gasteiger partial charge is 0.422 e. The van der Waals surface area contributed by atoms with Gasteiger partial charge in [-0.2, -0.15) is 13.2 Å². The Balaban J connectivity index is 1.99. The van der Waals surface area contributed by atoms with E-state index in [4.69, 9.17) is 4.74 Å². The van der Waals surface area contributed by atoms with E-state index in [1.807, 2.05) is 6.92 Å². The number of nitrogens with one attached hydrogen (secondary N) is 1. The number of anilines is 1. The summed E-state index contributed by atoms with van der Waals surface area (Å²) in [5.41, 5.74) is 0.693. The number of rotatable bonds is 8. The minimum absolute atomic E-state index is 0.188. The van der Waals surface area contributed by atoms with Gasteiger partial charge >= 0.3 is 6.18 Å². The van der Waals surface area contributed by atoms with Crippen LogP contribution in [0.1, 0.15) is 30.1 Å². The normalized spacial score (nSPS) is 11.1. The number of hydrogen-bond acceptors (Lipinski definition) is 4. The van der Waals surface area contributed by atoms with Gasteiger partial charge in [0, 0.05) is 12.3 Å². The molecule has 0 fully saturated rings. The Morgan fingerprint density at radius 2 is 1.92 bits per heavy atom. The van der Waals surface area contributed by atoms with Crippen molar-refractivity contribution in [1.29, 1.82) is 0 Å². The first-order chi connectivity index (χ1) is 12.4. The van der Waals surface area contributed by atoms with Gasteiger partial charge in [0.05, 0.1) is 17.9 Å². The van der Waals surface area contributed by atoms with Gasteiger partial charge in [-0.1, -0.05) is 25.5 Å². The van der Waals surface area contributed by atoms with Crippen LogP contribution in [0.3, 0.4) is 0 Å². The van der Waals surface area contributed by atoms with E-state index >= 15 is 0 Å². The first-order valence-electron chi connectivity index (χ1n) is 8.08. The van der Waals surface area contributed by atoms with Gasteiger partial charge in [0.25, 0.3) is 5.91 Å². The maximum absolute atomic E-state index is 12.3. The molecule has 0 aliphatic rings. The van der Waals surface area contributed by atoms with Crippen LogP contribution >= 0.6 is 0 Å². The van der Waals surface area contributed by atoms with E-state index in [-0.39, 0.29) is 11.4 Å². The lowest BCUT2D eigenvalue weighted by Crippen LogP contribution is -2.19. The number of para-hydroxylation sites is 2. The molecule has 1 heterocycles. The summed E-state index contributed by atoms with van der Waals surface area (Å²) in [6.07, 6.45) is -1.41. The molecule has 0 saturated heterocycles. The van der Waals surface area contributed by atoms with Gasteiger partial charge < -0.3 is 14.8 Å². The molecule has 0 spiro atoms. The molecular formula is C18H19F3N2O3. The van der Waals surface area contributed by atoms with Crippen LogP contribution in [-0.4, -0.2) is 30.3 Å². The third-order valence-electron chi connectivity index (χ3n) is 3.27. The molecule has 0 unspecified atom stereocenters. The molecule has 1 aromatic heterocycles. The number of alkyl halides is 3. The Morgan fingerprint density at radius 1 is 1.15 bits per heavy atom. The van der Waals surface area contributed by atoms with E-state index in [2.05, 4.69) is 15.0 Å². The molecule has 0 radical (unpaired) electrons. The van der Waals surface area contributed by atoms with E-state index in [0.29, 0.717) is 18.0 Å². The van der Waals surface area contributed by atoms with Crippen LogP contribution in [0, 0.1) is 0 Å². The fourth-order valence-electron chi connectivity index (χ4n) is 1.97. The van der Waals surface area contributed by atoms with Gasteiger partial charge in [-0.15, -0.1) is 0 Å². The molecule has 140 valence electrons. The van der Waals surface area contributed by atoms with Crippen molar-refractivity contribution >= 4 is 11.6 Å². The zero-order valence-corrected chi connectivity index (χ0v) is 14.2. The third kappa shape index (κ3) is 6.27. The summed E-state index contributed by atoms with van der Waals surface area (Å²) in [6, 6.07) is 9.56. The summed E-state index contributed by atoms with van der Waals surface area (Å²) in [7, 11) is 0. The van der Waals surface area contributed by atoms with E-state index in [1.165, 1.54) is 12.1 Å². The van der Waals surface area contributed by atoms with Gasteiger partial charge in [0.1, 0.15) is 5.75 Å². The van der Waals surface area contributed by atoms with Crippen molar-refractivity contribution in [1.82, 2.24) is 4.98 Å². The van der Waals surface area contributed by atoms with Crippen LogP contribution in [-0.2, 0) is 0 Å². The quantitative estimate of drug-likeness (QED) is 0.699. The fraction of sp³-hybridized carbons (Fsp3) is 0.333. The monoisotopic (exact) mass is 368 g/mol. The third-order valence-corrected chi connectivity index (χ3v) is 3.27. The highest BCUT2D eigenvalue weighted by atomic mass is 19.4. The maximum atomic E-state index is 12.3. The largest absolute Gasteiger partial charge is 0.491 e. The summed E-state index contributed by atoms with van der Waals surface area (Å²) in [4.78, 5) is 16.0. The van der Waals surface area contributed by atoms with Crippen molar-refractivity contribution in [2.45, 2.75) is 25.9 Å². The standard InChI is InChI=1S/C18H19F3N2O3/c1-2-3-10-25-15-7-5-4-6-14(15)23-17(24)13-8-9-16(22-11-13)26-12-18(19,20)21/h4-9,11H,2-3,10,12H2,1H3,(H,23,24). The molecule has 0 bridgehead atoms. The van der Waals surface area contributed by atoms with E-state index in [0.717, 1.165) is 19.0 Å². The highest BCUT2D eigenvalue weighted by Crippen LogP contribution is 2.25. The van der Waals surface area contributed by atoms with Crippen LogP contribution in [0.25, 0.3) is 0 Å². The molecular weight excluding hydrogens is 349 g/mol. The SMILES string of the molecule is CCCCOc1ccccc1NC(=O)c1ccc(OCC(F)(F)F)nc1. The van der Waals surface area contributed by atoms with Crippen molar-refractivity contribution in [3.05, 3.63) is 48.2 Å². The molecule has 0 aliphatic heterocycles. The number of pyridine rings is 1. The number of nitrogens with zero attached hydrogens (tertiary/aromatic N) is 1. The van der Waals surface area contributed by atoms with Crippen LogP contribution in [0.15, 0.2) is 42.6 Å². The lowest BCUT2D eigenvalue weighted by molar-refractivity contribution is -0.154. The number of halogens is 3. The van der Waals surface area contributed by atoms with E-state index in [1.54, 1.807) is 24.3 Å². The highest BCUT2D eigenvalue weighted by Gasteiger charge is 2.28. The predicted molar refractivity (Wildman–Crippen MR) is 90.6 cm³/mol. The molecule has 0 saturated carbocycles. The second kappa shape index (κ2) is 9.07. The average molecular weight is 368 g/mol. The summed E-state index contributed by atoms with van der Waals surface area (Å²) in [5.74, 6) is -0.110. The van der Waals surface area contributed by atoms with Crippen molar-refractivity contribution in [3.8, 4) is 11.6 Å². The Labute approximate surface area is 149 Å². The molecule has 2 rings (SSSR count). The molecule has 1 amide bonds. The van der Waals surface area contributed by atoms with Gasteiger partial charge in [0.2, 0.25) is 5.88 Å². The first-order valence-corrected chi connectivity index (χ1v) is 8.08. The summed E-state index contributed by atoms with van der Waals surface area (Å²) in [5, 5.41) is 2.70. The number of aromatic nitrogens is 1. The van der Waals surface area contributed by atoms with Crippen molar-refractivity contribution in [2.24, 2.45) is 0 Å². The van der Waals surface area contributed by atoms with Crippen molar-refractivity contribution in [3.63, 3.8) is 0 Å². The highest BCUT2D eigenvalue weighted by molar-refractivity contribution is 6.04. The Kier molecular flexibility index (Phi) is 6.82. The molecule has 0 atom stereocenters. The first kappa shape index (κ1) is 19.6. The Morgan fingerprint density at radius 3 is 2.58 bits per heavy atom. The summed E-state index contributed by atoms with van der Waals surface area (Å²) < 4.78 is 46.5. The van der Waals surface area contributed by atoms with Gasteiger partial charge in [-0.3, -0.25) is 4.79 Å². The number of benzene rings is 1. The molecule has 0 aliphatic carbocycles. The summed E-state index contributed by atoms with van der Waals surface area (Å²) in [6.45, 7) is 1.15. The number of carbonyl (C=O) groups excluding carboxylic acids is 1. The fourth-order valence-corrected chi connectivity index (χ4v) is 1.97. The average Bonchev–Trinajstić information content (AvgIpc) is 2.61. The predicted octanol–water partition coefficient (Wildman–Crippen LogP) is 4.45. The van der Waals surface area contributed by atoms with Crippen LogP contribution in [0.4, 0.5) is 18.9 Å². The maximum Gasteiger partial charge on any atom is 0.422 e. The van der Waals surface area contributed by atoms with Crippen LogP contribution in [0.5, 0.6) is 11.6 Å². The molecule has 2 aromatic rings. The van der Waals surface area contributed by atoms with Crippen LogP contribution < -0.4 is 14.8 Å². The number of unbranched alkanes of at least 4 members (excludes halogenated alkanes) is 1. The lowest BCUT2D eigenvalue weighted by Gasteiger charge is -2.12. The molecule has 8 heteroatoms. The Bertz CT molecular complexity index is 718. The van der Waals surface area contributed by atoms with Gasteiger partial charge in [-0.25, -0.2) is 4.98 Å². The van der Waals surface area contributed by atoms with Crippen molar-refractivity contribution < 1.29 is 27.4 Å². The number of hydrogen-bond donors (Lipinski definition) is 1. The minimum Gasteiger partial charge on any atom is -0.491 e. The molecule has 1 aromatic carbocycles. The van der Waals surface area contributed by atoms with Gasteiger partial charge in [0.15, 0.2) is 6.61 Å². The van der Waals surface area contributed by atoms with Crippen LogP contribution in [0.2, 0.25) is 0 Å². The number of carbonyl (C=O) groups is 1. The summed E-state index contributed by atoms with van der Waals surface area (Å²) >= 11 is 0. The molecule has 1 N–H and O–H groups in total. The van der Waals surface area contributed by atoms with Gasteiger partial charge in [-0.05, 0) is 24.6 Å². The second-order valence-corrected chi connectivity index (χ2v) is 5.44. The molecule has 26 heavy (non-hydrogen) atoms. The molecule has 5 nitrogen and oxygen atoms in total. The minimum atomic E-state index is -4.45. The topological polar surface area (TPSA) is 60.5 Å². The van der Waals surface area contributed by atoms with E-state index < -0.39 is 18.7 Å². The van der Waals surface area contributed by atoms with Crippen molar-refractivity contribution in [2.75, 3.05) is 18.5 Å². The van der Waals surface area contributed by atoms with E-state index in [9.17, 15) is 18.0 Å². The zero-order chi connectivity index (χ0) is 19.0. The Hall–Kier alpha value is -2.77. The number of amides is 1. The zero-order valence-electron chi connectivity index (χ0n) is 14.2.